The van der Waals surface area contributed by atoms with Gasteiger partial charge in [0.1, 0.15) is 6.04 Å². The molecule has 2 amide bonds. The van der Waals surface area contributed by atoms with Crippen molar-refractivity contribution in [2.24, 2.45) is 0 Å². The molecule has 0 aromatic heterocycles. The third-order valence-corrected chi connectivity index (χ3v) is 4.02. The van der Waals surface area contributed by atoms with E-state index in [1.165, 1.54) is 10.5 Å². The van der Waals surface area contributed by atoms with Crippen molar-refractivity contribution in [3.05, 3.63) is 35.9 Å². The zero-order chi connectivity index (χ0) is 17.4. The molecule has 130 valence electrons. The van der Waals surface area contributed by atoms with E-state index in [-0.39, 0.29) is 24.8 Å². The van der Waals surface area contributed by atoms with E-state index in [1.807, 2.05) is 30.3 Å². The first-order valence-corrected chi connectivity index (χ1v) is 8.38. The van der Waals surface area contributed by atoms with E-state index >= 15 is 0 Å². The standard InChI is InChI=1S/C18H24N2O4/c1-2-24-17(22)13-15-18(23)19-11-12-20(15)16(21)10-6-9-14-7-4-3-5-8-14/h3-5,7-8,15H,2,6,9-13H2,1H3,(H,19,23). The Morgan fingerprint density at radius 3 is 2.75 bits per heavy atom. The molecule has 6 heteroatoms. The Morgan fingerprint density at radius 2 is 2.04 bits per heavy atom. The first-order valence-electron chi connectivity index (χ1n) is 8.38. The van der Waals surface area contributed by atoms with Gasteiger partial charge in [0.2, 0.25) is 11.8 Å². The molecule has 6 nitrogen and oxygen atoms in total. The highest BCUT2D eigenvalue weighted by atomic mass is 16.5. The number of carbonyl (C=O) groups is 3. The minimum Gasteiger partial charge on any atom is -0.466 e. The number of hydrogen-bond acceptors (Lipinski definition) is 4. The monoisotopic (exact) mass is 332 g/mol. The number of benzene rings is 1. The van der Waals surface area contributed by atoms with Crippen LogP contribution < -0.4 is 5.32 Å². The third kappa shape index (κ3) is 5.08. The lowest BCUT2D eigenvalue weighted by atomic mass is 10.1. The Balaban J connectivity index is 1.89. The predicted molar refractivity (Wildman–Crippen MR) is 89.1 cm³/mol. The van der Waals surface area contributed by atoms with Crippen LogP contribution in [0.1, 0.15) is 31.7 Å². The first-order chi connectivity index (χ1) is 11.6. The molecule has 1 heterocycles. The lowest BCUT2D eigenvalue weighted by molar-refractivity contribution is -0.151. The molecule has 0 aliphatic carbocycles. The van der Waals surface area contributed by atoms with Crippen molar-refractivity contribution < 1.29 is 19.1 Å². The van der Waals surface area contributed by atoms with Gasteiger partial charge in [0.15, 0.2) is 0 Å². The second kappa shape index (κ2) is 9.05. The summed E-state index contributed by atoms with van der Waals surface area (Å²) in [6, 6.07) is 9.20. The van der Waals surface area contributed by atoms with Crippen molar-refractivity contribution >= 4 is 17.8 Å². The minimum atomic E-state index is -0.762. The fourth-order valence-corrected chi connectivity index (χ4v) is 2.83. The van der Waals surface area contributed by atoms with Gasteiger partial charge in [0.25, 0.3) is 0 Å². The van der Waals surface area contributed by atoms with Crippen LogP contribution in [0, 0.1) is 0 Å². The van der Waals surface area contributed by atoms with Crippen LogP contribution in [-0.4, -0.2) is 48.4 Å². The summed E-state index contributed by atoms with van der Waals surface area (Å²) in [4.78, 5) is 37.7. The summed E-state index contributed by atoms with van der Waals surface area (Å²) in [5.41, 5.74) is 1.18. The Morgan fingerprint density at radius 1 is 1.29 bits per heavy atom. The zero-order valence-electron chi connectivity index (χ0n) is 14.0. The van der Waals surface area contributed by atoms with Crippen LogP contribution in [-0.2, 0) is 25.5 Å². The average molecular weight is 332 g/mol. The number of carbonyl (C=O) groups excluding carboxylic acids is 3. The van der Waals surface area contributed by atoms with Crippen LogP contribution in [0.2, 0.25) is 0 Å². The molecule has 1 aliphatic rings. The van der Waals surface area contributed by atoms with Gasteiger partial charge in [0.05, 0.1) is 13.0 Å². The molecule has 2 rings (SSSR count). The fraction of sp³-hybridized carbons (Fsp3) is 0.500. The summed E-state index contributed by atoms with van der Waals surface area (Å²) >= 11 is 0. The second-order valence-electron chi connectivity index (χ2n) is 5.74. The number of aryl methyl sites for hydroxylation is 1. The second-order valence-corrected chi connectivity index (χ2v) is 5.74. The van der Waals surface area contributed by atoms with Crippen molar-refractivity contribution in [2.75, 3.05) is 19.7 Å². The van der Waals surface area contributed by atoms with Gasteiger partial charge in [-0.1, -0.05) is 30.3 Å². The number of nitrogens with one attached hydrogen (secondary N) is 1. The van der Waals surface area contributed by atoms with Crippen molar-refractivity contribution in [1.82, 2.24) is 10.2 Å². The van der Waals surface area contributed by atoms with E-state index in [0.717, 1.165) is 6.42 Å². The van der Waals surface area contributed by atoms with Gasteiger partial charge in [-0.15, -0.1) is 0 Å². The quantitative estimate of drug-likeness (QED) is 0.764. The minimum absolute atomic E-state index is 0.0879. The predicted octanol–water partition coefficient (Wildman–Crippen LogP) is 1.29. The van der Waals surface area contributed by atoms with E-state index in [4.69, 9.17) is 4.74 Å². The maximum Gasteiger partial charge on any atom is 0.308 e. The highest BCUT2D eigenvalue weighted by Crippen LogP contribution is 2.14. The molecule has 1 aliphatic heterocycles. The molecule has 1 aromatic rings. The molecule has 1 unspecified atom stereocenters. The van der Waals surface area contributed by atoms with Gasteiger partial charge in [0, 0.05) is 19.5 Å². The van der Waals surface area contributed by atoms with Crippen molar-refractivity contribution in [1.29, 1.82) is 0 Å². The summed E-state index contributed by atoms with van der Waals surface area (Å²) in [7, 11) is 0. The van der Waals surface area contributed by atoms with Crippen LogP contribution in [0.4, 0.5) is 0 Å². The molecular weight excluding hydrogens is 308 g/mol. The molecule has 0 bridgehead atoms. The van der Waals surface area contributed by atoms with E-state index < -0.39 is 12.0 Å². The van der Waals surface area contributed by atoms with Crippen LogP contribution in [0.3, 0.4) is 0 Å². The third-order valence-electron chi connectivity index (χ3n) is 4.02. The molecular formula is C18H24N2O4. The van der Waals surface area contributed by atoms with E-state index in [9.17, 15) is 14.4 Å². The normalized spacial score (nSPS) is 17.3. The number of nitrogens with zero attached hydrogens (tertiary/aromatic N) is 1. The number of amides is 2. The molecule has 0 spiro atoms. The fourth-order valence-electron chi connectivity index (χ4n) is 2.83. The molecule has 24 heavy (non-hydrogen) atoms. The number of esters is 1. The summed E-state index contributed by atoms with van der Waals surface area (Å²) in [5.74, 6) is -0.831. The smallest absolute Gasteiger partial charge is 0.308 e. The lowest BCUT2D eigenvalue weighted by Crippen LogP contribution is -2.57. The number of piperazine rings is 1. The van der Waals surface area contributed by atoms with E-state index in [0.29, 0.717) is 25.9 Å². The summed E-state index contributed by atoms with van der Waals surface area (Å²) in [6.07, 6.45) is 1.80. The molecule has 1 aromatic carbocycles. The van der Waals surface area contributed by atoms with Gasteiger partial charge >= 0.3 is 5.97 Å². The topological polar surface area (TPSA) is 75.7 Å². The highest BCUT2D eigenvalue weighted by molar-refractivity contribution is 5.91. The van der Waals surface area contributed by atoms with Gasteiger partial charge in [-0.3, -0.25) is 14.4 Å². The van der Waals surface area contributed by atoms with Crippen molar-refractivity contribution in [3.8, 4) is 0 Å². The van der Waals surface area contributed by atoms with E-state index in [2.05, 4.69) is 5.32 Å². The van der Waals surface area contributed by atoms with Crippen LogP contribution in [0.5, 0.6) is 0 Å². The SMILES string of the molecule is CCOC(=O)CC1C(=O)NCCN1C(=O)CCCc1ccccc1. The summed E-state index contributed by atoms with van der Waals surface area (Å²) < 4.78 is 4.90. The van der Waals surface area contributed by atoms with Gasteiger partial charge in [-0.25, -0.2) is 0 Å². The number of hydrogen-bond donors (Lipinski definition) is 1. The lowest BCUT2D eigenvalue weighted by Gasteiger charge is -2.34. The maximum atomic E-state index is 12.5. The van der Waals surface area contributed by atoms with Crippen LogP contribution >= 0.6 is 0 Å². The maximum absolute atomic E-state index is 12.5. The molecule has 0 radical (unpaired) electrons. The van der Waals surface area contributed by atoms with Crippen LogP contribution in [0.25, 0.3) is 0 Å². The molecule has 1 fully saturated rings. The van der Waals surface area contributed by atoms with Gasteiger partial charge in [-0.05, 0) is 25.3 Å². The number of rotatable bonds is 7. The van der Waals surface area contributed by atoms with E-state index in [1.54, 1.807) is 6.92 Å². The van der Waals surface area contributed by atoms with Crippen molar-refractivity contribution in [3.63, 3.8) is 0 Å². The number of ether oxygens (including phenoxy) is 1. The molecule has 1 atom stereocenters. The summed E-state index contributed by atoms with van der Waals surface area (Å²) in [6.45, 7) is 2.83. The Bertz CT molecular complexity index is 574. The summed E-state index contributed by atoms with van der Waals surface area (Å²) in [5, 5.41) is 2.71. The Hall–Kier alpha value is -2.37. The first kappa shape index (κ1) is 18.0. The molecule has 1 saturated heterocycles. The van der Waals surface area contributed by atoms with Crippen LogP contribution in [0.15, 0.2) is 30.3 Å². The Labute approximate surface area is 142 Å². The Kier molecular flexibility index (Phi) is 6.78. The highest BCUT2D eigenvalue weighted by Gasteiger charge is 2.34. The molecule has 0 saturated carbocycles. The van der Waals surface area contributed by atoms with Gasteiger partial charge in [-0.2, -0.15) is 0 Å². The van der Waals surface area contributed by atoms with Crippen molar-refractivity contribution in [2.45, 2.75) is 38.6 Å². The average Bonchev–Trinajstić information content (AvgIpc) is 2.58. The van der Waals surface area contributed by atoms with Gasteiger partial charge < -0.3 is 15.0 Å². The molecule has 1 N–H and O–H groups in total. The largest absolute Gasteiger partial charge is 0.466 e. The zero-order valence-corrected chi connectivity index (χ0v) is 14.0.